The van der Waals surface area contributed by atoms with Crippen LogP contribution in [0.4, 0.5) is 5.69 Å². The number of hydrogen-bond donors (Lipinski definition) is 2. The van der Waals surface area contributed by atoms with Crippen LogP contribution < -0.4 is 9.64 Å². The zero-order chi connectivity index (χ0) is 13.3. The van der Waals surface area contributed by atoms with Gasteiger partial charge in [0.2, 0.25) is 0 Å². The van der Waals surface area contributed by atoms with Gasteiger partial charge in [-0.3, -0.25) is 4.79 Å². The van der Waals surface area contributed by atoms with Gasteiger partial charge < -0.3 is 19.8 Å². The summed E-state index contributed by atoms with van der Waals surface area (Å²) in [5.74, 6) is -1.36. The highest BCUT2D eigenvalue weighted by Crippen LogP contribution is 2.34. The third-order valence-corrected chi connectivity index (χ3v) is 2.98. The highest BCUT2D eigenvalue weighted by Gasteiger charge is 2.27. The van der Waals surface area contributed by atoms with Crippen LogP contribution in [-0.2, 0) is 4.79 Å². The number of fused-ring (bicyclic) bond motifs is 1. The molecule has 96 valence electrons. The van der Waals surface area contributed by atoms with E-state index < -0.39 is 11.9 Å². The van der Waals surface area contributed by atoms with E-state index in [9.17, 15) is 9.59 Å². The molecular weight excluding hydrogens is 238 g/mol. The second-order valence-corrected chi connectivity index (χ2v) is 4.16. The highest BCUT2D eigenvalue weighted by atomic mass is 16.5. The molecule has 1 aliphatic rings. The number of nitrogens with zero attached hydrogens (tertiary/aromatic N) is 1. The van der Waals surface area contributed by atoms with Crippen molar-refractivity contribution in [2.24, 2.45) is 0 Å². The van der Waals surface area contributed by atoms with Crippen molar-refractivity contribution in [1.29, 1.82) is 0 Å². The molecule has 2 rings (SSSR count). The number of likely N-dealkylation sites (N-methyl/N-ethyl adjacent to an activating group) is 1. The molecule has 0 bridgehead atoms. The molecule has 1 atom stereocenters. The van der Waals surface area contributed by atoms with Gasteiger partial charge in [-0.2, -0.15) is 0 Å². The van der Waals surface area contributed by atoms with Crippen LogP contribution in [0.1, 0.15) is 16.8 Å². The number of carboxylic acids is 2. The van der Waals surface area contributed by atoms with Gasteiger partial charge in [0.1, 0.15) is 12.4 Å². The van der Waals surface area contributed by atoms with Crippen molar-refractivity contribution in [3.8, 4) is 5.75 Å². The average molecular weight is 251 g/mol. The lowest BCUT2D eigenvalue weighted by Gasteiger charge is -2.35. The van der Waals surface area contributed by atoms with E-state index in [2.05, 4.69) is 0 Å². The molecule has 1 heterocycles. The first-order chi connectivity index (χ1) is 8.49. The highest BCUT2D eigenvalue weighted by molar-refractivity contribution is 5.89. The molecule has 0 saturated heterocycles. The molecule has 6 heteroatoms. The fourth-order valence-corrected chi connectivity index (χ4v) is 1.94. The van der Waals surface area contributed by atoms with Crippen LogP contribution in [-0.4, -0.2) is 41.8 Å². The Morgan fingerprint density at radius 3 is 2.78 bits per heavy atom. The Kier molecular flexibility index (Phi) is 3.10. The van der Waals surface area contributed by atoms with E-state index in [4.69, 9.17) is 14.9 Å². The number of aromatic carboxylic acids is 1. The number of benzene rings is 1. The van der Waals surface area contributed by atoms with Crippen LogP contribution in [0.15, 0.2) is 18.2 Å². The molecule has 18 heavy (non-hydrogen) atoms. The quantitative estimate of drug-likeness (QED) is 0.835. The Morgan fingerprint density at radius 1 is 1.44 bits per heavy atom. The van der Waals surface area contributed by atoms with Crippen LogP contribution in [0.2, 0.25) is 0 Å². The lowest BCUT2D eigenvalue weighted by molar-refractivity contribution is -0.137. The van der Waals surface area contributed by atoms with Crippen LogP contribution >= 0.6 is 0 Å². The molecule has 0 aliphatic carbocycles. The largest absolute Gasteiger partial charge is 0.489 e. The van der Waals surface area contributed by atoms with E-state index in [1.54, 1.807) is 18.0 Å². The normalized spacial score (nSPS) is 17.8. The van der Waals surface area contributed by atoms with Gasteiger partial charge in [0.25, 0.3) is 0 Å². The summed E-state index contributed by atoms with van der Waals surface area (Å²) < 4.78 is 5.44. The van der Waals surface area contributed by atoms with Gasteiger partial charge in [-0.15, -0.1) is 0 Å². The minimum absolute atomic E-state index is 0.0484. The fourth-order valence-electron chi connectivity index (χ4n) is 1.94. The van der Waals surface area contributed by atoms with E-state index in [0.29, 0.717) is 11.4 Å². The Morgan fingerprint density at radius 2 is 2.17 bits per heavy atom. The number of rotatable bonds is 3. The zero-order valence-electron chi connectivity index (χ0n) is 9.79. The molecule has 6 nitrogen and oxygen atoms in total. The maximum absolute atomic E-state index is 10.9. The molecule has 1 aromatic rings. The van der Waals surface area contributed by atoms with Gasteiger partial charge in [0.15, 0.2) is 0 Å². The maximum atomic E-state index is 10.9. The van der Waals surface area contributed by atoms with E-state index in [1.165, 1.54) is 12.1 Å². The molecule has 1 aromatic carbocycles. The van der Waals surface area contributed by atoms with Crippen LogP contribution in [0.25, 0.3) is 0 Å². The number of carboxylic acid groups (broad SMARTS) is 2. The SMILES string of the molecule is CN1c2cc(C(=O)O)ccc2OCC1CC(=O)O. The van der Waals surface area contributed by atoms with Crippen molar-refractivity contribution < 1.29 is 24.5 Å². The Hall–Kier alpha value is -2.24. The molecule has 0 spiro atoms. The third kappa shape index (κ3) is 2.22. The van der Waals surface area contributed by atoms with Crippen molar-refractivity contribution in [3.05, 3.63) is 23.8 Å². The molecule has 0 amide bonds. The van der Waals surface area contributed by atoms with E-state index >= 15 is 0 Å². The van der Waals surface area contributed by atoms with E-state index in [1.807, 2.05) is 0 Å². The Balaban J connectivity index is 2.31. The maximum Gasteiger partial charge on any atom is 0.335 e. The molecular formula is C12H13NO5. The minimum Gasteiger partial charge on any atom is -0.489 e. The predicted octanol–water partition coefficient (Wildman–Crippen LogP) is 1.06. The Bertz CT molecular complexity index is 499. The molecule has 0 radical (unpaired) electrons. The van der Waals surface area contributed by atoms with Crippen molar-refractivity contribution in [2.75, 3.05) is 18.6 Å². The molecule has 1 aliphatic heterocycles. The molecule has 2 N–H and O–H groups in total. The topological polar surface area (TPSA) is 87.1 Å². The zero-order valence-corrected chi connectivity index (χ0v) is 9.79. The van der Waals surface area contributed by atoms with Crippen molar-refractivity contribution in [1.82, 2.24) is 0 Å². The average Bonchev–Trinajstić information content (AvgIpc) is 2.32. The number of aliphatic carboxylic acids is 1. The number of ether oxygens (including phenoxy) is 1. The van der Waals surface area contributed by atoms with E-state index in [0.717, 1.165) is 0 Å². The van der Waals surface area contributed by atoms with Crippen LogP contribution in [0.5, 0.6) is 5.75 Å². The monoisotopic (exact) mass is 251 g/mol. The number of hydrogen-bond acceptors (Lipinski definition) is 4. The first kappa shape index (κ1) is 12.2. The predicted molar refractivity (Wildman–Crippen MR) is 63.3 cm³/mol. The Labute approximate surface area is 103 Å². The first-order valence-corrected chi connectivity index (χ1v) is 5.44. The lowest BCUT2D eigenvalue weighted by Crippen LogP contribution is -2.41. The van der Waals surface area contributed by atoms with Gasteiger partial charge in [-0.25, -0.2) is 4.79 Å². The number of anilines is 1. The van der Waals surface area contributed by atoms with Gasteiger partial charge in [0.05, 0.1) is 23.7 Å². The van der Waals surface area contributed by atoms with Gasteiger partial charge in [-0.1, -0.05) is 0 Å². The summed E-state index contributed by atoms with van der Waals surface area (Å²) in [6, 6.07) is 4.25. The summed E-state index contributed by atoms with van der Waals surface area (Å²) in [4.78, 5) is 23.4. The van der Waals surface area contributed by atoms with Crippen molar-refractivity contribution in [3.63, 3.8) is 0 Å². The summed E-state index contributed by atoms with van der Waals surface area (Å²) in [6.45, 7) is 0.280. The summed E-state index contributed by atoms with van der Waals surface area (Å²) in [6.07, 6.45) is -0.0484. The standard InChI is InChI=1S/C12H13NO5/c1-13-8(5-11(14)15)6-18-10-3-2-7(12(16)17)4-9(10)13/h2-4,8H,5-6H2,1H3,(H,14,15)(H,16,17). The summed E-state index contributed by atoms with van der Waals surface area (Å²) in [5, 5.41) is 17.7. The smallest absolute Gasteiger partial charge is 0.335 e. The van der Waals surface area contributed by atoms with Crippen LogP contribution in [0.3, 0.4) is 0 Å². The second kappa shape index (κ2) is 4.56. The van der Waals surface area contributed by atoms with Crippen molar-refractivity contribution >= 4 is 17.6 Å². The fraction of sp³-hybridized carbons (Fsp3) is 0.333. The molecule has 0 aromatic heterocycles. The lowest BCUT2D eigenvalue weighted by atomic mass is 10.1. The third-order valence-electron chi connectivity index (χ3n) is 2.98. The molecule has 0 saturated carbocycles. The minimum atomic E-state index is -1.02. The summed E-state index contributed by atoms with van der Waals surface area (Å²) in [5.41, 5.74) is 0.757. The van der Waals surface area contributed by atoms with Gasteiger partial charge >= 0.3 is 11.9 Å². The van der Waals surface area contributed by atoms with Gasteiger partial charge in [0, 0.05) is 7.05 Å². The molecule has 0 fully saturated rings. The van der Waals surface area contributed by atoms with Crippen molar-refractivity contribution in [2.45, 2.75) is 12.5 Å². The first-order valence-electron chi connectivity index (χ1n) is 5.44. The molecule has 1 unspecified atom stereocenters. The number of carbonyl (C=O) groups is 2. The van der Waals surface area contributed by atoms with E-state index in [-0.39, 0.29) is 24.6 Å². The summed E-state index contributed by atoms with van der Waals surface area (Å²) >= 11 is 0. The second-order valence-electron chi connectivity index (χ2n) is 4.16. The van der Waals surface area contributed by atoms with Crippen LogP contribution in [0, 0.1) is 0 Å². The van der Waals surface area contributed by atoms with Gasteiger partial charge in [-0.05, 0) is 18.2 Å². The summed E-state index contributed by atoms with van der Waals surface area (Å²) in [7, 11) is 1.74.